The average Bonchev–Trinajstić information content (AvgIpc) is 2.44. The molecule has 1 aliphatic rings. The van der Waals surface area contributed by atoms with Crippen LogP contribution in [-0.2, 0) is 4.74 Å². The second-order valence-corrected chi connectivity index (χ2v) is 5.73. The molecule has 1 rings (SSSR count). The first-order chi connectivity index (χ1) is 9.67. The number of hydrogen-bond donors (Lipinski definition) is 2. The van der Waals surface area contributed by atoms with Crippen LogP contribution in [0, 0.1) is 0 Å². The molecule has 0 amide bonds. The maximum atomic E-state index is 5.11. The third kappa shape index (κ3) is 6.57. The monoisotopic (exact) mass is 284 g/mol. The molecule has 1 heterocycles. The van der Waals surface area contributed by atoms with E-state index in [0.29, 0.717) is 6.61 Å². The van der Waals surface area contributed by atoms with Crippen molar-refractivity contribution in [3.05, 3.63) is 0 Å². The summed E-state index contributed by atoms with van der Waals surface area (Å²) in [6.07, 6.45) is 5.26. The first kappa shape index (κ1) is 17.2. The van der Waals surface area contributed by atoms with Crippen molar-refractivity contribution in [1.82, 2.24) is 15.5 Å². The molecule has 0 aromatic rings. The van der Waals surface area contributed by atoms with E-state index in [9.17, 15) is 0 Å². The number of piperidine rings is 1. The molecule has 1 aliphatic heterocycles. The summed E-state index contributed by atoms with van der Waals surface area (Å²) in [5.74, 6) is 0.862. The Kier molecular flexibility index (Phi) is 8.62. The van der Waals surface area contributed by atoms with Crippen molar-refractivity contribution in [2.24, 2.45) is 4.99 Å². The quantitative estimate of drug-likeness (QED) is 0.422. The Labute approximate surface area is 124 Å². The zero-order chi connectivity index (χ0) is 14.8. The maximum absolute atomic E-state index is 5.11. The summed E-state index contributed by atoms with van der Waals surface area (Å²) >= 11 is 0. The van der Waals surface area contributed by atoms with Gasteiger partial charge in [0.25, 0.3) is 0 Å². The van der Waals surface area contributed by atoms with E-state index >= 15 is 0 Å². The van der Waals surface area contributed by atoms with Crippen molar-refractivity contribution in [2.75, 3.05) is 40.4 Å². The SMILES string of the molecule is CN=C(NCCCN1CCCCC1C)NC(C)COC. The van der Waals surface area contributed by atoms with Crippen molar-refractivity contribution < 1.29 is 4.74 Å². The second-order valence-electron chi connectivity index (χ2n) is 5.73. The van der Waals surface area contributed by atoms with Crippen LogP contribution >= 0.6 is 0 Å². The van der Waals surface area contributed by atoms with Gasteiger partial charge in [-0.25, -0.2) is 0 Å². The lowest BCUT2D eigenvalue weighted by molar-refractivity contribution is 0.159. The highest BCUT2D eigenvalue weighted by atomic mass is 16.5. The van der Waals surface area contributed by atoms with Crippen LogP contribution in [0.4, 0.5) is 0 Å². The van der Waals surface area contributed by atoms with Crippen molar-refractivity contribution in [1.29, 1.82) is 0 Å². The minimum absolute atomic E-state index is 0.272. The van der Waals surface area contributed by atoms with Crippen molar-refractivity contribution >= 4 is 5.96 Å². The van der Waals surface area contributed by atoms with Crippen molar-refractivity contribution in [3.8, 4) is 0 Å². The standard InChI is InChI=1S/C15H32N4O/c1-13(12-20-4)18-15(16-3)17-9-7-11-19-10-6-5-8-14(19)2/h13-14H,5-12H2,1-4H3,(H2,16,17,18). The van der Waals surface area contributed by atoms with Crippen LogP contribution in [0.25, 0.3) is 0 Å². The number of methoxy groups -OCH3 is 1. The fourth-order valence-corrected chi connectivity index (χ4v) is 2.70. The van der Waals surface area contributed by atoms with Crippen LogP contribution in [0.3, 0.4) is 0 Å². The summed E-state index contributed by atoms with van der Waals surface area (Å²) in [6.45, 7) is 8.53. The summed E-state index contributed by atoms with van der Waals surface area (Å²) in [5, 5.41) is 6.68. The molecule has 1 fully saturated rings. The highest BCUT2D eigenvalue weighted by Crippen LogP contribution is 2.15. The minimum atomic E-state index is 0.272. The van der Waals surface area contributed by atoms with Gasteiger partial charge >= 0.3 is 0 Å². The largest absolute Gasteiger partial charge is 0.383 e. The van der Waals surface area contributed by atoms with Crippen LogP contribution in [0.5, 0.6) is 0 Å². The number of likely N-dealkylation sites (tertiary alicyclic amines) is 1. The van der Waals surface area contributed by atoms with Gasteiger partial charge in [0.05, 0.1) is 6.61 Å². The Morgan fingerprint density at radius 3 is 2.90 bits per heavy atom. The lowest BCUT2D eigenvalue weighted by Gasteiger charge is -2.33. The molecule has 2 N–H and O–H groups in total. The summed E-state index contributed by atoms with van der Waals surface area (Å²) in [5.41, 5.74) is 0. The molecule has 5 heteroatoms. The first-order valence-electron chi connectivity index (χ1n) is 7.87. The molecule has 0 bridgehead atoms. The summed E-state index contributed by atoms with van der Waals surface area (Å²) in [7, 11) is 3.52. The van der Waals surface area contributed by atoms with E-state index in [4.69, 9.17) is 4.74 Å². The molecule has 0 spiro atoms. The van der Waals surface area contributed by atoms with Gasteiger partial charge in [-0.05, 0) is 39.7 Å². The van der Waals surface area contributed by atoms with Crippen LogP contribution in [0.1, 0.15) is 39.5 Å². The Hall–Kier alpha value is -0.810. The molecule has 0 aromatic heterocycles. The Morgan fingerprint density at radius 1 is 1.45 bits per heavy atom. The highest BCUT2D eigenvalue weighted by Gasteiger charge is 2.17. The molecule has 20 heavy (non-hydrogen) atoms. The number of aliphatic imine (C=N–C) groups is 1. The minimum Gasteiger partial charge on any atom is -0.383 e. The topological polar surface area (TPSA) is 48.9 Å². The number of ether oxygens (including phenoxy) is 1. The summed E-state index contributed by atoms with van der Waals surface area (Å²) < 4.78 is 5.11. The zero-order valence-corrected chi connectivity index (χ0v) is 13.6. The third-order valence-corrected chi connectivity index (χ3v) is 3.88. The molecule has 0 aromatic carbocycles. The third-order valence-electron chi connectivity index (χ3n) is 3.88. The van der Waals surface area contributed by atoms with Gasteiger partial charge < -0.3 is 20.3 Å². The fraction of sp³-hybridized carbons (Fsp3) is 0.933. The fourth-order valence-electron chi connectivity index (χ4n) is 2.70. The van der Waals surface area contributed by atoms with E-state index in [1.54, 1.807) is 7.11 Å². The highest BCUT2D eigenvalue weighted by molar-refractivity contribution is 5.79. The lowest BCUT2D eigenvalue weighted by atomic mass is 10.0. The van der Waals surface area contributed by atoms with E-state index in [-0.39, 0.29) is 6.04 Å². The summed E-state index contributed by atoms with van der Waals surface area (Å²) in [4.78, 5) is 6.84. The number of guanidine groups is 1. The van der Waals surface area contributed by atoms with Crippen LogP contribution < -0.4 is 10.6 Å². The number of nitrogens with zero attached hydrogens (tertiary/aromatic N) is 2. The van der Waals surface area contributed by atoms with Crippen molar-refractivity contribution in [2.45, 2.75) is 51.6 Å². The zero-order valence-electron chi connectivity index (χ0n) is 13.6. The van der Waals surface area contributed by atoms with Gasteiger partial charge in [-0.3, -0.25) is 4.99 Å². The molecule has 118 valence electrons. The van der Waals surface area contributed by atoms with Crippen LogP contribution in [0.15, 0.2) is 4.99 Å². The Bertz CT molecular complexity index is 283. The van der Waals surface area contributed by atoms with Crippen LogP contribution in [0.2, 0.25) is 0 Å². The second kappa shape index (κ2) is 10.00. The maximum Gasteiger partial charge on any atom is 0.191 e. The van der Waals surface area contributed by atoms with E-state index in [0.717, 1.165) is 25.0 Å². The first-order valence-corrected chi connectivity index (χ1v) is 7.87. The number of nitrogens with one attached hydrogen (secondary N) is 2. The Morgan fingerprint density at radius 2 is 2.25 bits per heavy atom. The van der Waals surface area contributed by atoms with E-state index < -0.39 is 0 Å². The van der Waals surface area contributed by atoms with E-state index in [1.165, 1.54) is 32.4 Å². The predicted molar refractivity (Wildman–Crippen MR) is 85.3 cm³/mol. The van der Waals surface area contributed by atoms with Gasteiger partial charge in [0, 0.05) is 39.3 Å². The van der Waals surface area contributed by atoms with Gasteiger partial charge in [0.2, 0.25) is 0 Å². The van der Waals surface area contributed by atoms with Gasteiger partial charge in [0.15, 0.2) is 5.96 Å². The molecule has 2 unspecified atom stereocenters. The number of hydrogen-bond acceptors (Lipinski definition) is 3. The van der Waals surface area contributed by atoms with Gasteiger partial charge in [-0.1, -0.05) is 6.42 Å². The molecule has 0 aliphatic carbocycles. The molecular formula is C15H32N4O. The number of rotatable bonds is 7. The van der Waals surface area contributed by atoms with Gasteiger partial charge in [-0.15, -0.1) is 0 Å². The summed E-state index contributed by atoms with van der Waals surface area (Å²) in [6, 6.07) is 1.02. The van der Waals surface area contributed by atoms with Gasteiger partial charge in [-0.2, -0.15) is 0 Å². The van der Waals surface area contributed by atoms with E-state index in [2.05, 4.69) is 34.4 Å². The van der Waals surface area contributed by atoms with Crippen LogP contribution in [-0.4, -0.2) is 63.3 Å². The smallest absolute Gasteiger partial charge is 0.191 e. The van der Waals surface area contributed by atoms with E-state index in [1.807, 2.05) is 7.05 Å². The molecule has 5 nitrogen and oxygen atoms in total. The molecule has 2 atom stereocenters. The average molecular weight is 284 g/mol. The molecule has 0 radical (unpaired) electrons. The molecule has 1 saturated heterocycles. The normalized spacial score (nSPS) is 22.6. The molecular weight excluding hydrogens is 252 g/mol. The molecule has 0 saturated carbocycles. The predicted octanol–water partition coefficient (Wildman–Crippen LogP) is 1.45. The van der Waals surface area contributed by atoms with Crippen molar-refractivity contribution in [3.63, 3.8) is 0 Å². The lowest BCUT2D eigenvalue weighted by Crippen LogP contribution is -2.45. The Balaban J connectivity index is 2.15. The van der Waals surface area contributed by atoms with Gasteiger partial charge in [0.1, 0.15) is 0 Å².